The van der Waals surface area contributed by atoms with Crippen molar-refractivity contribution in [2.75, 3.05) is 0 Å². The second-order valence-corrected chi connectivity index (χ2v) is 9.96. The number of rotatable bonds is 3. The molecule has 0 atom stereocenters. The Morgan fingerprint density at radius 3 is 1.83 bits per heavy atom. The Bertz CT molecular complexity index is 763. The van der Waals surface area contributed by atoms with Crippen molar-refractivity contribution in [1.82, 2.24) is 0 Å². The van der Waals surface area contributed by atoms with Crippen LogP contribution in [0.4, 0.5) is 0 Å². The third kappa shape index (κ3) is 3.87. The molecule has 0 nitrogen and oxygen atoms in total. The van der Waals surface area contributed by atoms with E-state index < -0.39 is 7.92 Å². The van der Waals surface area contributed by atoms with Crippen LogP contribution in [0, 0.1) is 19.3 Å². The summed E-state index contributed by atoms with van der Waals surface area (Å²) < 4.78 is 0. The lowest BCUT2D eigenvalue weighted by molar-refractivity contribution is 0.469. The maximum absolute atomic E-state index is 2.51. The molecule has 3 rings (SSSR count). The third-order valence-electron chi connectivity index (χ3n) is 4.45. The molecule has 0 amide bonds. The van der Waals surface area contributed by atoms with Crippen molar-refractivity contribution in [3.8, 4) is 0 Å². The van der Waals surface area contributed by atoms with E-state index in [9.17, 15) is 0 Å². The molecule has 0 spiro atoms. The highest BCUT2D eigenvalue weighted by Crippen LogP contribution is 2.49. The van der Waals surface area contributed by atoms with Gasteiger partial charge in [0.05, 0.1) is 0 Å². The van der Waals surface area contributed by atoms with Gasteiger partial charge in [-0.15, -0.1) is 0 Å². The smallest absolute Gasteiger partial charge is 0.0128 e. The van der Waals surface area contributed by atoms with Crippen LogP contribution in [0.3, 0.4) is 0 Å². The highest BCUT2D eigenvalue weighted by molar-refractivity contribution is 7.77. The molecule has 0 bridgehead atoms. The van der Waals surface area contributed by atoms with E-state index in [-0.39, 0.29) is 5.41 Å². The van der Waals surface area contributed by atoms with Crippen LogP contribution in [0.1, 0.15) is 38.3 Å². The molecule has 1 aliphatic carbocycles. The molecule has 0 saturated carbocycles. The van der Waals surface area contributed by atoms with Crippen LogP contribution in [0.15, 0.2) is 71.6 Å². The Labute approximate surface area is 148 Å². The summed E-state index contributed by atoms with van der Waals surface area (Å²) in [6.07, 6.45) is 6.10. The number of hydrogen-bond acceptors (Lipinski definition) is 0. The van der Waals surface area contributed by atoms with E-state index >= 15 is 0 Å². The van der Waals surface area contributed by atoms with Gasteiger partial charge in [0.2, 0.25) is 0 Å². The zero-order valence-electron chi connectivity index (χ0n) is 15.4. The summed E-state index contributed by atoms with van der Waals surface area (Å²) in [5.41, 5.74) is 4.40. The molecule has 2 aromatic rings. The molecule has 1 aliphatic rings. The number of aryl methyl sites for hydroxylation is 2. The van der Waals surface area contributed by atoms with Crippen molar-refractivity contribution in [2.24, 2.45) is 5.41 Å². The number of benzene rings is 2. The average molecular weight is 334 g/mol. The Morgan fingerprint density at radius 1 is 0.833 bits per heavy atom. The molecule has 0 aliphatic heterocycles. The molecule has 124 valence electrons. The third-order valence-corrected chi connectivity index (χ3v) is 6.81. The topological polar surface area (TPSA) is 0 Å². The van der Waals surface area contributed by atoms with Gasteiger partial charge in [-0.2, -0.15) is 0 Å². The van der Waals surface area contributed by atoms with Crippen LogP contribution < -0.4 is 10.6 Å². The van der Waals surface area contributed by atoms with Crippen molar-refractivity contribution in [2.45, 2.75) is 41.0 Å². The first kappa shape index (κ1) is 17.2. The molecule has 2 aromatic carbocycles. The molecule has 0 aromatic heterocycles. The van der Waals surface area contributed by atoms with Gasteiger partial charge in [0.25, 0.3) is 0 Å². The summed E-state index contributed by atoms with van der Waals surface area (Å²) in [5, 5.41) is 4.39. The zero-order chi connectivity index (χ0) is 17.3. The van der Waals surface area contributed by atoms with Crippen molar-refractivity contribution >= 4 is 18.5 Å². The minimum Gasteiger partial charge on any atom is -0.0718 e. The molecular weight excluding hydrogens is 307 g/mol. The van der Waals surface area contributed by atoms with E-state index in [0.717, 1.165) is 6.42 Å². The fraction of sp³-hybridized carbons (Fsp3) is 0.304. The first-order valence-corrected chi connectivity index (χ1v) is 10.0. The largest absolute Gasteiger partial charge is 0.0718 e. The Balaban J connectivity index is 2.18. The van der Waals surface area contributed by atoms with E-state index in [0.29, 0.717) is 0 Å². The Kier molecular flexibility index (Phi) is 4.79. The normalized spacial score (nSPS) is 16.8. The molecule has 0 fully saturated rings. The van der Waals surface area contributed by atoms with Crippen molar-refractivity contribution in [1.29, 1.82) is 0 Å². The van der Waals surface area contributed by atoms with Crippen LogP contribution in [-0.2, 0) is 0 Å². The molecule has 0 radical (unpaired) electrons. The van der Waals surface area contributed by atoms with Gasteiger partial charge in [0, 0.05) is 0 Å². The van der Waals surface area contributed by atoms with Gasteiger partial charge in [0.15, 0.2) is 0 Å². The molecule has 0 N–H and O–H groups in total. The van der Waals surface area contributed by atoms with Gasteiger partial charge in [0.1, 0.15) is 0 Å². The van der Waals surface area contributed by atoms with Crippen LogP contribution in [0.2, 0.25) is 0 Å². The van der Waals surface area contributed by atoms with Crippen LogP contribution in [0.5, 0.6) is 0 Å². The predicted octanol–water partition coefficient (Wildman–Crippen LogP) is 6.00. The minimum absolute atomic E-state index is 0.238. The fourth-order valence-electron chi connectivity index (χ4n) is 3.63. The maximum atomic E-state index is 2.51. The maximum Gasteiger partial charge on any atom is -0.0128 e. The quantitative estimate of drug-likeness (QED) is 0.604. The van der Waals surface area contributed by atoms with Gasteiger partial charge in [-0.25, -0.2) is 0 Å². The summed E-state index contributed by atoms with van der Waals surface area (Å²) in [7, 11) is -0.502. The van der Waals surface area contributed by atoms with Crippen LogP contribution >= 0.6 is 7.92 Å². The SMILES string of the molecule is CC1=CC(P(c2cccc(C)c2)c2cccc(C)c2)=CC(C)(C)C1. The second kappa shape index (κ2) is 6.69. The van der Waals surface area contributed by atoms with Gasteiger partial charge in [-0.05, 0) is 56.5 Å². The monoisotopic (exact) mass is 334 g/mol. The number of allylic oxidation sites excluding steroid dienone is 4. The fourth-order valence-corrected chi connectivity index (χ4v) is 6.48. The summed E-state index contributed by atoms with van der Waals surface area (Å²) in [6.45, 7) is 11.4. The summed E-state index contributed by atoms with van der Waals surface area (Å²) >= 11 is 0. The van der Waals surface area contributed by atoms with E-state index in [1.54, 1.807) is 0 Å². The lowest BCUT2D eigenvalue weighted by Crippen LogP contribution is -2.18. The first-order valence-electron chi connectivity index (χ1n) is 8.68. The first-order chi connectivity index (χ1) is 11.3. The second-order valence-electron chi connectivity index (χ2n) is 7.74. The lowest BCUT2D eigenvalue weighted by Gasteiger charge is -2.31. The average Bonchev–Trinajstić information content (AvgIpc) is 2.45. The van der Waals surface area contributed by atoms with Crippen LogP contribution in [-0.4, -0.2) is 0 Å². The van der Waals surface area contributed by atoms with Crippen molar-refractivity contribution in [3.05, 3.63) is 82.7 Å². The number of hydrogen-bond donors (Lipinski definition) is 0. The summed E-state index contributed by atoms with van der Waals surface area (Å²) in [4.78, 5) is 0. The highest BCUT2D eigenvalue weighted by Gasteiger charge is 2.26. The van der Waals surface area contributed by atoms with E-state index in [1.807, 2.05) is 0 Å². The minimum atomic E-state index is -0.502. The molecule has 24 heavy (non-hydrogen) atoms. The molecule has 0 unspecified atom stereocenters. The zero-order valence-corrected chi connectivity index (χ0v) is 16.3. The molecule has 0 heterocycles. The Morgan fingerprint density at radius 2 is 1.38 bits per heavy atom. The van der Waals surface area contributed by atoms with E-state index in [4.69, 9.17) is 0 Å². The predicted molar refractivity (Wildman–Crippen MR) is 109 cm³/mol. The van der Waals surface area contributed by atoms with Gasteiger partial charge < -0.3 is 0 Å². The summed E-state index contributed by atoms with van der Waals surface area (Å²) in [6, 6.07) is 18.1. The van der Waals surface area contributed by atoms with Gasteiger partial charge in [-0.3, -0.25) is 0 Å². The molecular formula is C23H27P. The van der Waals surface area contributed by atoms with Gasteiger partial charge in [-0.1, -0.05) is 91.2 Å². The Hall–Kier alpha value is -1.65. The van der Waals surface area contributed by atoms with Crippen molar-refractivity contribution in [3.63, 3.8) is 0 Å². The molecule has 1 heteroatoms. The van der Waals surface area contributed by atoms with E-state index in [2.05, 4.69) is 95.3 Å². The van der Waals surface area contributed by atoms with E-state index in [1.165, 1.54) is 32.6 Å². The van der Waals surface area contributed by atoms with Gasteiger partial charge >= 0.3 is 0 Å². The molecule has 0 saturated heterocycles. The van der Waals surface area contributed by atoms with Crippen molar-refractivity contribution < 1.29 is 0 Å². The van der Waals surface area contributed by atoms with Crippen LogP contribution in [0.25, 0.3) is 0 Å². The standard InChI is InChI=1S/C23H27P/c1-17-8-6-10-20(12-17)24(21-11-7-9-18(2)13-21)22-14-19(3)15-23(4,5)16-22/h6-14,16H,15H2,1-5H3. The highest BCUT2D eigenvalue weighted by atomic mass is 31.1. The lowest BCUT2D eigenvalue weighted by atomic mass is 9.82. The summed E-state index contributed by atoms with van der Waals surface area (Å²) in [5.74, 6) is 0.